The van der Waals surface area contributed by atoms with E-state index in [0.717, 1.165) is 18.9 Å². The van der Waals surface area contributed by atoms with Crippen LogP contribution in [0.15, 0.2) is 18.2 Å². The number of thiocarbonyl (C=S) groups is 1. The summed E-state index contributed by atoms with van der Waals surface area (Å²) < 4.78 is 0. The highest BCUT2D eigenvalue weighted by Gasteiger charge is 2.27. The van der Waals surface area contributed by atoms with Crippen LogP contribution in [0.2, 0.25) is 5.02 Å². The topological polar surface area (TPSA) is 96.3 Å². The van der Waals surface area contributed by atoms with Crippen molar-refractivity contribution in [3.05, 3.63) is 38.9 Å². The van der Waals surface area contributed by atoms with Crippen LogP contribution >= 0.6 is 23.8 Å². The molecule has 1 fully saturated rings. The van der Waals surface area contributed by atoms with E-state index in [1.165, 1.54) is 18.6 Å². The summed E-state index contributed by atoms with van der Waals surface area (Å²) in [4.78, 5) is 22.4. The largest absolute Gasteiger partial charge is 0.358 e. The number of amides is 1. The van der Waals surface area contributed by atoms with Gasteiger partial charge in [-0.1, -0.05) is 38.3 Å². The van der Waals surface area contributed by atoms with Crippen molar-refractivity contribution in [3.63, 3.8) is 0 Å². The number of non-ortho nitro benzene ring substituents is 1. The number of nitrogens with one attached hydrogen (secondary N) is 3. The number of carbonyl (C=O) groups is 1. The van der Waals surface area contributed by atoms with Gasteiger partial charge in [-0.15, -0.1) is 0 Å². The molecule has 0 radical (unpaired) electrons. The minimum absolute atomic E-state index is 0.00539. The van der Waals surface area contributed by atoms with Crippen LogP contribution < -0.4 is 16.2 Å². The third kappa shape index (κ3) is 5.02. The summed E-state index contributed by atoms with van der Waals surface area (Å²) >= 11 is 11.2. The highest BCUT2D eigenvalue weighted by molar-refractivity contribution is 7.80. The van der Waals surface area contributed by atoms with E-state index < -0.39 is 10.8 Å². The Hall–Kier alpha value is -1.93. The van der Waals surface area contributed by atoms with E-state index in [9.17, 15) is 14.9 Å². The highest BCUT2D eigenvalue weighted by atomic mass is 35.5. The lowest BCUT2D eigenvalue weighted by Gasteiger charge is -2.35. The van der Waals surface area contributed by atoms with Gasteiger partial charge in [-0.3, -0.25) is 25.8 Å². The molecule has 0 saturated heterocycles. The van der Waals surface area contributed by atoms with E-state index >= 15 is 0 Å². The first-order valence-electron chi connectivity index (χ1n) is 8.10. The average Bonchev–Trinajstić information content (AvgIpc) is 2.57. The molecule has 1 aromatic rings. The second-order valence-electron chi connectivity index (χ2n) is 6.35. The first-order valence-corrected chi connectivity index (χ1v) is 8.89. The molecule has 3 N–H and O–H groups in total. The second kappa shape index (κ2) is 8.44. The molecule has 0 spiro atoms. The van der Waals surface area contributed by atoms with Crippen LogP contribution in [0.1, 0.15) is 43.5 Å². The van der Waals surface area contributed by atoms with Crippen molar-refractivity contribution >= 4 is 40.5 Å². The molecule has 0 heterocycles. The van der Waals surface area contributed by atoms with Crippen LogP contribution in [0.3, 0.4) is 0 Å². The van der Waals surface area contributed by atoms with Gasteiger partial charge in [0.1, 0.15) is 0 Å². The smallest absolute Gasteiger partial charge is 0.271 e. The number of carbonyl (C=O) groups excluding carboxylic acids is 1. The van der Waals surface area contributed by atoms with Crippen molar-refractivity contribution in [1.29, 1.82) is 0 Å². The normalized spacial score (nSPS) is 22.8. The number of nitro benzene ring substituents is 1. The molecule has 0 aliphatic heterocycles. The zero-order valence-electron chi connectivity index (χ0n) is 14.0. The van der Waals surface area contributed by atoms with Crippen LogP contribution in [0.4, 0.5) is 5.69 Å². The maximum atomic E-state index is 12.2. The Morgan fingerprint density at radius 1 is 1.32 bits per heavy atom. The van der Waals surface area contributed by atoms with Gasteiger partial charge in [0.05, 0.1) is 15.5 Å². The summed E-state index contributed by atoms with van der Waals surface area (Å²) in [6.45, 7) is 4.41. The SMILES string of the molecule is C[C@@H]1[C@H](C)CCC[C@H]1NC(=S)NNC(=O)c1cc([N+](=O)[O-])ccc1Cl. The van der Waals surface area contributed by atoms with Gasteiger partial charge in [-0.05, 0) is 36.5 Å². The molecule has 0 aromatic heterocycles. The van der Waals surface area contributed by atoms with Crippen LogP contribution in [-0.2, 0) is 0 Å². The number of halogens is 1. The van der Waals surface area contributed by atoms with Gasteiger partial charge in [0.25, 0.3) is 11.6 Å². The molecule has 9 heteroatoms. The lowest BCUT2D eigenvalue weighted by Crippen LogP contribution is -2.52. The van der Waals surface area contributed by atoms with Crippen molar-refractivity contribution in [3.8, 4) is 0 Å². The molecule has 25 heavy (non-hydrogen) atoms. The summed E-state index contributed by atoms with van der Waals surface area (Å²) in [5.74, 6) is 0.505. The summed E-state index contributed by atoms with van der Waals surface area (Å²) in [5.41, 5.74) is 4.85. The molecule has 2 rings (SSSR count). The molecular formula is C16H21ClN4O3S. The molecule has 1 aromatic carbocycles. The van der Waals surface area contributed by atoms with Crippen molar-refractivity contribution < 1.29 is 9.72 Å². The van der Waals surface area contributed by atoms with Crippen LogP contribution in [0.5, 0.6) is 0 Å². The zero-order valence-corrected chi connectivity index (χ0v) is 15.6. The van der Waals surface area contributed by atoms with E-state index in [1.807, 2.05) is 0 Å². The van der Waals surface area contributed by atoms with Gasteiger partial charge in [-0.25, -0.2) is 0 Å². The Morgan fingerprint density at radius 2 is 2.04 bits per heavy atom. The van der Waals surface area contributed by atoms with Crippen LogP contribution in [0, 0.1) is 22.0 Å². The molecule has 1 aliphatic rings. The standard InChI is InChI=1S/C16H21ClN4O3S/c1-9-4-3-5-14(10(9)2)18-16(25)20-19-15(22)12-8-11(21(23)24)6-7-13(12)17/h6-10,14H,3-5H2,1-2H3,(H,19,22)(H2,18,20,25)/t9-,10-,14-/m1/s1. The minimum Gasteiger partial charge on any atom is -0.358 e. The molecule has 1 amide bonds. The number of nitro groups is 1. The highest BCUT2D eigenvalue weighted by Crippen LogP contribution is 2.29. The third-order valence-corrected chi connectivity index (χ3v) is 5.27. The fourth-order valence-electron chi connectivity index (χ4n) is 2.97. The molecule has 7 nitrogen and oxygen atoms in total. The van der Waals surface area contributed by atoms with Gasteiger partial charge < -0.3 is 5.32 Å². The first-order chi connectivity index (χ1) is 11.8. The first kappa shape index (κ1) is 19.4. The molecule has 0 unspecified atom stereocenters. The van der Waals surface area contributed by atoms with E-state index in [0.29, 0.717) is 16.9 Å². The maximum absolute atomic E-state index is 12.2. The van der Waals surface area contributed by atoms with Crippen molar-refractivity contribution in [2.45, 2.75) is 39.2 Å². The number of nitrogens with zero attached hydrogens (tertiary/aromatic N) is 1. The van der Waals surface area contributed by atoms with E-state index in [4.69, 9.17) is 23.8 Å². The molecular weight excluding hydrogens is 364 g/mol. The number of hydrazine groups is 1. The predicted molar refractivity (Wildman–Crippen MR) is 100 cm³/mol. The lowest BCUT2D eigenvalue weighted by molar-refractivity contribution is -0.384. The molecule has 1 aliphatic carbocycles. The zero-order chi connectivity index (χ0) is 18.6. The van der Waals surface area contributed by atoms with Crippen molar-refractivity contribution in [2.75, 3.05) is 0 Å². The lowest BCUT2D eigenvalue weighted by atomic mass is 9.78. The fourth-order valence-corrected chi connectivity index (χ4v) is 3.38. The Bertz CT molecular complexity index is 685. The molecule has 3 atom stereocenters. The van der Waals surface area contributed by atoms with Gasteiger partial charge in [-0.2, -0.15) is 0 Å². The summed E-state index contributed by atoms with van der Waals surface area (Å²) in [5, 5.41) is 14.5. The fraction of sp³-hybridized carbons (Fsp3) is 0.500. The van der Waals surface area contributed by atoms with E-state index in [1.54, 1.807) is 0 Å². The molecule has 136 valence electrons. The van der Waals surface area contributed by atoms with Crippen LogP contribution in [-0.4, -0.2) is 22.0 Å². The Kier molecular flexibility index (Phi) is 6.55. The number of benzene rings is 1. The number of hydrogen-bond acceptors (Lipinski definition) is 4. The Morgan fingerprint density at radius 3 is 2.72 bits per heavy atom. The van der Waals surface area contributed by atoms with Gasteiger partial charge in [0.15, 0.2) is 5.11 Å². The van der Waals surface area contributed by atoms with Crippen molar-refractivity contribution in [1.82, 2.24) is 16.2 Å². The van der Waals surface area contributed by atoms with Crippen LogP contribution in [0.25, 0.3) is 0 Å². The van der Waals surface area contributed by atoms with Gasteiger partial charge in [0, 0.05) is 18.2 Å². The second-order valence-corrected chi connectivity index (χ2v) is 7.16. The Balaban J connectivity index is 1.92. The summed E-state index contributed by atoms with van der Waals surface area (Å²) in [6, 6.07) is 3.93. The minimum atomic E-state index is -0.595. The summed E-state index contributed by atoms with van der Waals surface area (Å²) in [7, 11) is 0. The predicted octanol–water partition coefficient (Wildman–Crippen LogP) is 3.18. The molecule has 1 saturated carbocycles. The van der Waals surface area contributed by atoms with Gasteiger partial charge in [0.2, 0.25) is 0 Å². The monoisotopic (exact) mass is 384 g/mol. The quantitative estimate of drug-likeness (QED) is 0.420. The number of rotatable bonds is 3. The van der Waals surface area contributed by atoms with Gasteiger partial charge >= 0.3 is 0 Å². The average molecular weight is 385 g/mol. The van der Waals surface area contributed by atoms with E-state index in [2.05, 4.69) is 30.0 Å². The van der Waals surface area contributed by atoms with Crippen molar-refractivity contribution in [2.24, 2.45) is 11.8 Å². The van der Waals surface area contributed by atoms with E-state index in [-0.39, 0.29) is 22.3 Å². The summed E-state index contributed by atoms with van der Waals surface area (Å²) in [6.07, 6.45) is 3.38. The third-order valence-electron chi connectivity index (χ3n) is 4.72. The Labute approximate surface area is 156 Å². The number of hydrogen-bond donors (Lipinski definition) is 3. The maximum Gasteiger partial charge on any atom is 0.271 e. The molecule has 0 bridgehead atoms.